The van der Waals surface area contributed by atoms with Crippen molar-refractivity contribution < 1.29 is 9.69 Å². The van der Waals surface area contributed by atoms with Crippen LogP contribution in [0.2, 0.25) is 0 Å². The minimum atomic E-state index is 0.0536. The number of nitrogens with one attached hydrogen (secondary N) is 2. The number of hydrogen-bond acceptors (Lipinski definition) is 2. The van der Waals surface area contributed by atoms with E-state index in [1.54, 1.807) is 11.3 Å². The highest BCUT2D eigenvalue weighted by atomic mass is 32.1. The summed E-state index contributed by atoms with van der Waals surface area (Å²) in [6.07, 6.45) is 0. The van der Waals surface area contributed by atoms with Gasteiger partial charge in [0, 0.05) is 5.69 Å². The highest BCUT2D eigenvalue weighted by molar-refractivity contribution is 7.10. The summed E-state index contributed by atoms with van der Waals surface area (Å²) >= 11 is 1.76. The molecule has 1 unspecified atom stereocenters. The van der Waals surface area contributed by atoms with Crippen LogP contribution in [0.4, 0.5) is 5.69 Å². The zero-order valence-electron chi connectivity index (χ0n) is 11.3. The summed E-state index contributed by atoms with van der Waals surface area (Å²) in [6, 6.07) is 11.7. The Kier molecular flexibility index (Phi) is 4.71. The Labute approximate surface area is 117 Å². The van der Waals surface area contributed by atoms with Gasteiger partial charge in [0.05, 0.1) is 11.9 Å². The van der Waals surface area contributed by atoms with Crippen molar-refractivity contribution in [2.75, 3.05) is 18.9 Å². The third kappa shape index (κ3) is 4.19. The van der Waals surface area contributed by atoms with Crippen molar-refractivity contribution in [2.24, 2.45) is 0 Å². The molecule has 0 aliphatic carbocycles. The summed E-state index contributed by atoms with van der Waals surface area (Å²) in [5, 5.41) is 5.01. The molecule has 0 fully saturated rings. The first kappa shape index (κ1) is 13.8. The molecule has 0 aliphatic rings. The van der Waals surface area contributed by atoms with Crippen LogP contribution in [-0.4, -0.2) is 19.5 Å². The number of thiophene rings is 1. The average Bonchev–Trinajstić information content (AvgIpc) is 2.76. The van der Waals surface area contributed by atoms with Crippen LogP contribution in [0.5, 0.6) is 0 Å². The van der Waals surface area contributed by atoms with Gasteiger partial charge in [-0.05, 0) is 36.1 Å². The molecule has 0 bridgehead atoms. The maximum atomic E-state index is 11.9. The van der Waals surface area contributed by atoms with E-state index in [1.165, 1.54) is 15.3 Å². The third-order valence-electron chi connectivity index (χ3n) is 2.95. The molecule has 2 rings (SSSR count). The minimum absolute atomic E-state index is 0.0536. The molecule has 1 aromatic heterocycles. The molecule has 0 spiro atoms. The molecule has 3 nitrogen and oxygen atoms in total. The Bertz CT molecular complexity index is 536. The summed E-state index contributed by atoms with van der Waals surface area (Å²) in [4.78, 5) is 14.5. The number of para-hydroxylation sites is 1. The standard InChI is InChI=1S/C15H18N2OS/c1-12-8-9-19-14(12)10-17(2)11-15(18)16-13-6-4-3-5-7-13/h3-9H,10-11H2,1-2H3,(H,16,18)/p+1. The number of anilines is 1. The summed E-state index contributed by atoms with van der Waals surface area (Å²) < 4.78 is 0. The van der Waals surface area contributed by atoms with Gasteiger partial charge in [0.25, 0.3) is 5.91 Å². The molecule has 0 saturated heterocycles. The SMILES string of the molecule is Cc1ccsc1C[NH+](C)CC(=O)Nc1ccccc1. The zero-order valence-corrected chi connectivity index (χ0v) is 12.1. The molecule has 19 heavy (non-hydrogen) atoms. The molecule has 2 aromatic rings. The predicted octanol–water partition coefficient (Wildman–Crippen LogP) is 1.71. The van der Waals surface area contributed by atoms with Gasteiger partial charge in [0.1, 0.15) is 6.54 Å². The molecule has 2 N–H and O–H groups in total. The van der Waals surface area contributed by atoms with E-state index in [1.807, 2.05) is 37.4 Å². The highest BCUT2D eigenvalue weighted by Crippen LogP contribution is 2.13. The quantitative estimate of drug-likeness (QED) is 0.856. The van der Waals surface area contributed by atoms with Crippen molar-refractivity contribution >= 4 is 22.9 Å². The van der Waals surface area contributed by atoms with E-state index in [-0.39, 0.29) is 5.91 Å². The fraction of sp³-hybridized carbons (Fsp3) is 0.267. The monoisotopic (exact) mass is 275 g/mol. The number of aryl methyl sites for hydroxylation is 1. The van der Waals surface area contributed by atoms with Crippen LogP contribution >= 0.6 is 11.3 Å². The Balaban J connectivity index is 1.84. The minimum Gasteiger partial charge on any atom is -0.325 e. The molecule has 1 amide bonds. The molecule has 1 atom stereocenters. The number of benzene rings is 1. The number of carbonyl (C=O) groups excluding carboxylic acids is 1. The van der Waals surface area contributed by atoms with Crippen LogP contribution in [0.3, 0.4) is 0 Å². The molecular formula is C15H19N2OS+. The van der Waals surface area contributed by atoms with E-state index in [2.05, 4.69) is 23.7 Å². The molecule has 0 aliphatic heterocycles. The predicted molar refractivity (Wildman–Crippen MR) is 79.6 cm³/mol. The van der Waals surface area contributed by atoms with E-state index in [4.69, 9.17) is 0 Å². The van der Waals surface area contributed by atoms with Crippen LogP contribution < -0.4 is 10.2 Å². The van der Waals surface area contributed by atoms with Crippen molar-refractivity contribution in [1.82, 2.24) is 0 Å². The summed E-state index contributed by atoms with van der Waals surface area (Å²) in [7, 11) is 2.05. The van der Waals surface area contributed by atoms with Gasteiger partial charge < -0.3 is 10.2 Å². The fourth-order valence-electron chi connectivity index (χ4n) is 1.92. The second kappa shape index (κ2) is 6.50. The van der Waals surface area contributed by atoms with Gasteiger partial charge in [-0.2, -0.15) is 0 Å². The number of amides is 1. The number of likely N-dealkylation sites (N-methyl/N-ethyl adjacent to an activating group) is 1. The smallest absolute Gasteiger partial charge is 0.279 e. The lowest BCUT2D eigenvalue weighted by Crippen LogP contribution is -3.08. The molecular weight excluding hydrogens is 256 g/mol. The van der Waals surface area contributed by atoms with Gasteiger partial charge in [0.15, 0.2) is 6.54 Å². The van der Waals surface area contributed by atoms with Gasteiger partial charge in [-0.3, -0.25) is 4.79 Å². The van der Waals surface area contributed by atoms with Crippen molar-refractivity contribution in [1.29, 1.82) is 0 Å². The first-order chi connectivity index (χ1) is 9.15. The number of carbonyl (C=O) groups is 1. The van der Waals surface area contributed by atoms with Crippen molar-refractivity contribution in [3.8, 4) is 0 Å². The molecule has 0 saturated carbocycles. The zero-order chi connectivity index (χ0) is 13.7. The Morgan fingerprint density at radius 1 is 1.26 bits per heavy atom. The summed E-state index contributed by atoms with van der Waals surface area (Å²) in [5.74, 6) is 0.0536. The van der Waals surface area contributed by atoms with Crippen molar-refractivity contribution in [3.63, 3.8) is 0 Å². The second-order valence-electron chi connectivity index (χ2n) is 4.75. The van der Waals surface area contributed by atoms with Gasteiger partial charge in [-0.15, -0.1) is 11.3 Å². The van der Waals surface area contributed by atoms with E-state index in [0.717, 1.165) is 12.2 Å². The highest BCUT2D eigenvalue weighted by Gasteiger charge is 2.12. The van der Waals surface area contributed by atoms with E-state index in [9.17, 15) is 4.79 Å². The fourth-order valence-corrected chi connectivity index (χ4v) is 2.94. The lowest BCUT2D eigenvalue weighted by Gasteiger charge is -2.13. The first-order valence-corrected chi connectivity index (χ1v) is 7.22. The summed E-state index contributed by atoms with van der Waals surface area (Å²) in [6.45, 7) is 3.49. The molecule has 1 heterocycles. The molecule has 0 radical (unpaired) electrons. The van der Waals surface area contributed by atoms with Gasteiger partial charge in [0.2, 0.25) is 0 Å². The lowest BCUT2D eigenvalue weighted by molar-refractivity contribution is -0.884. The number of rotatable bonds is 5. The maximum absolute atomic E-state index is 11.9. The Hall–Kier alpha value is -1.65. The van der Waals surface area contributed by atoms with Crippen molar-refractivity contribution in [2.45, 2.75) is 13.5 Å². The first-order valence-electron chi connectivity index (χ1n) is 6.34. The van der Waals surface area contributed by atoms with Gasteiger partial charge in [-0.1, -0.05) is 18.2 Å². The Morgan fingerprint density at radius 3 is 2.63 bits per heavy atom. The normalized spacial score (nSPS) is 12.1. The van der Waals surface area contributed by atoms with E-state index >= 15 is 0 Å². The summed E-state index contributed by atoms with van der Waals surface area (Å²) in [5.41, 5.74) is 2.17. The third-order valence-corrected chi connectivity index (χ3v) is 3.97. The molecule has 4 heteroatoms. The Morgan fingerprint density at radius 2 is 2.00 bits per heavy atom. The topological polar surface area (TPSA) is 33.5 Å². The average molecular weight is 275 g/mol. The largest absolute Gasteiger partial charge is 0.325 e. The molecule has 100 valence electrons. The molecule has 1 aromatic carbocycles. The van der Waals surface area contributed by atoms with E-state index < -0.39 is 0 Å². The number of hydrogen-bond donors (Lipinski definition) is 2. The lowest BCUT2D eigenvalue weighted by atomic mass is 10.3. The van der Waals surface area contributed by atoms with E-state index in [0.29, 0.717) is 6.54 Å². The maximum Gasteiger partial charge on any atom is 0.279 e. The van der Waals surface area contributed by atoms with Crippen LogP contribution in [0.1, 0.15) is 10.4 Å². The van der Waals surface area contributed by atoms with Crippen LogP contribution in [-0.2, 0) is 11.3 Å². The van der Waals surface area contributed by atoms with Gasteiger partial charge in [-0.25, -0.2) is 0 Å². The van der Waals surface area contributed by atoms with Crippen LogP contribution in [0.15, 0.2) is 41.8 Å². The number of quaternary nitrogens is 1. The van der Waals surface area contributed by atoms with Crippen molar-refractivity contribution in [3.05, 3.63) is 52.2 Å². The van der Waals surface area contributed by atoms with Crippen LogP contribution in [0.25, 0.3) is 0 Å². The van der Waals surface area contributed by atoms with Crippen LogP contribution in [0, 0.1) is 6.92 Å². The second-order valence-corrected chi connectivity index (χ2v) is 5.75. The van der Waals surface area contributed by atoms with Gasteiger partial charge >= 0.3 is 0 Å².